The number of carbonyl (C=O) groups is 2. The zero-order valence-electron chi connectivity index (χ0n) is 14.1. The van der Waals surface area contributed by atoms with Crippen LogP contribution in [0.5, 0.6) is 0 Å². The normalized spacial score (nSPS) is 11.3. The van der Waals surface area contributed by atoms with Crippen molar-refractivity contribution in [2.24, 2.45) is 7.05 Å². The van der Waals surface area contributed by atoms with Gasteiger partial charge in [-0.05, 0) is 36.4 Å². The van der Waals surface area contributed by atoms with Crippen LogP contribution in [0.2, 0.25) is 0 Å². The molecule has 0 aliphatic carbocycles. The predicted octanol–water partition coefficient (Wildman–Crippen LogP) is 3.92. The van der Waals surface area contributed by atoms with Gasteiger partial charge in [0, 0.05) is 30.7 Å². The molecule has 0 aliphatic rings. The van der Waals surface area contributed by atoms with Crippen LogP contribution in [0.1, 0.15) is 32.1 Å². The molecule has 8 heteroatoms. The molecule has 2 aromatic carbocycles. The Hall–Kier alpha value is -3.42. The van der Waals surface area contributed by atoms with E-state index in [1.54, 1.807) is 17.8 Å². The number of benzene rings is 2. The average molecular weight is 373 g/mol. The number of amides is 1. The number of imidazole rings is 1. The van der Waals surface area contributed by atoms with Gasteiger partial charge in [-0.2, -0.15) is 13.2 Å². The number of aryl methyl sites for hydroxylation is 1. The fourth-order valence-corrected chi connectivity index (χ4v) is 2.55. The first kappa shape index (κ1) is 18.4. The lowest BCUT2D eigenvalue weighted by Gasteiger charge is -2.12. The van der Waals surface area contributed by atoms with Gasteiger partial charge < -0.3 is 9.88 Å². The Morgan fingerprint density at radius 2 is 1.70 bits per heavy atom. The number of hydrogen-bond acceptors (Lipinski definition) is 3. The Morgan fingerprint density at radius 3 is 2.30 bits per heavy atom. The fraction of sp³-hybridized carbons (Fsp3) is 0.105. The Labute approximate surface area is 152 Å². The van der Waals surface area contributed by atoms with Crippen LogP contribution in [-0.4, -0.2) is 21.2 Å². The Bertz CT molecular complexity index is 992. The quantitative estimate of drug-likeness (QED) is 0.705. The van der Waals surface area contributed by atoms with Crippen LogP contribution in [0, 0.1) is 0 Å². The van der Waals surface area contributed by atoms with Crippen molar-refractivity contribution in [2.75, 3.05) is 5.32 Å². The highest BCUT2D eigenvalue weighted by molar-refractivity contribution is 6.08. The number of alkyl halides is 3. The van der Waals surface area contributed by atoms with Gasteiger partial charge in [-0.25, -0.2) is 4.98 Å². The second-order valence-corrected chi connectivity index (χ2v) is 5.77. The molecule has 27 heavy (non-hydrogen) atoms. The van der Waals surface area contributed by atoms with Crippen molar-refractivity contribution in [1.29, 1.82) is 0 Å². The minimum Gasteiger partial charge on any atom is -0.331 e. The molecule has 0 aliphatic heterocycles. The van der Waals surface area contributed by atoms with Crippen LogP contribution in [0.15, 0.2) is 60.9 Å². The largest absolute Gasteiger partial charge is 0.417 e. The Morgan fingerprint density at radius 1 is 1.04 bits per heavy atom. The topological polar surface area (TPSA) is 64.0 Å². The van der Waals surface area contributed by atoms with E-state index in [-0.39, 0.29) is 17.3 Å². The summed E-state index contributed by atoms with van der Waals surface area (Å²) in [5.74, 6) is -0.931. The maximum absolute atomic E-state index is 13.0. The average Bonchev–Trinajstić information content (AvgIpc) is 3.07. The minimum absolute atomic E-state index is 0.255. The second-order valence-electron chi connectivity index (χ2n) is 5.77. The standard InChI is InChI=1S/C19H14F3N3O2/c1-25-11-10-23-17(25)16(26)12-6-8-13(9-7-12)24-18(27)14-4-2-3-5-15(14)19(20,21)22/h2-11H,1H3,(H,24,27). The number of anilines is 1. The van der Waals surface area contributed by atoms with Gasteiger partial charge in [0.15, 0.2) is 5.82 Å². The number of rotatable bonds is 4. The Kier molecular flexibility index (Phi) is 4.81. The van der Waals surface area contributed by atoms with Crippen LogP contribution in [-0.2, 0) is 13.2 Å². The predicted molar refractivity (Wildman–Crippen MR) is 92.5 cm³/mol. The van der Waals surface area contributed by atoms with Crippen LogP contribution >= 0.6 is 0 Å². The molecule has 0 fully saturated rings. The van der Waals surface area contributed by atoms with Crippen molar-refractivity contribution >= 4 is 17.4 Å². The molecule has 0 saturated heterocycles. The summed E-state index contributed by atoms with van der Waals surface area (Å²) in [6.07, 6.45) is -1.49. The van der Waals surface area contributed by atoms with Gasteiger partial charge >= 0.3 is 6.18 Å². The van der Waals surface area contributed by atoms with Gasteiger partial charge in [0.25, 0.3) is 5.91 Å². The molecule has 0 saturated carbocycles. The first-order chi connectivity index (χ1) is 12.8. The van der Waals surface area contributed by atoms with E-state index in [0.717, 1.165) is 12.1 Å². The highest BCUT2D eigenvalue weighted by atomic mass is 19.4. The highest BCUT2D eigenvalue weighted by Gasteiger charge is 2.34. The molecule has 138 valence electrons. The van der Waals surface area contributed by atoms with E-state index in [0.29, 0.717) is 5.56 Å². The molecule has 3 rings (SSSR count). The molecule has 1 aromatic heterocycles. The van der Waals surface area contributed by atoms with Crippen molar-refractivity contribution in [2.45, 2.75) is 6.18 Å². The van der Waals surface area contributed by atoms with Gasteiger partial charge in [0.05, 0.1) is 11.1 Å². The van der Waals surface area contributed by atoms with Crippen LogP contribution in [0.25, 0.3) is 0 Å². The lowest BCUT2D eigenvalue weighted by molar-refractivity contribution is -0.137. The maximum Gasteiger partial charge on any atom is 0.417 e. The van der Waals surface area contributed by atoms with E-state index >= 15 is 0 Å². The second kappa shape index (κ2) is 7.06. The molecule has 0 spiro atoms. The molecule has 0 unspecified atom stereocenters. The highest BCUT2D eigenvalue weighted by Crippen LogP contribution is 2.32. The summed E-state index contributed by atoms with van der Waals surface area (Å²) in [6, 6.07) is 10.4. The molecule has 1 N–H and O–H groups in total. The monoisotopic (exact) mass is 373 g/mol. The zero-order valence-corrected chi connectivity index (χ0v) is 14.1. The number of carbonyl (C=O) groups excluding carboxylic acids is 2. The first-order valence-electron chi connectivity index (χ1n) is 7.87. The van der Waals surface area contributed by atoms with Crippen LogP contribution < -0.4 is 5.32 Å². The van der Waals surface area contributed by atoms with Gasteiger partial charge in [-0.15, -0.1) is 0 Å². The molecule has 0 atom stereocenters. The summed E-state index contributed by atoms with van der Waals surface area (Å²) in [6.45, 7) is 0. The number of nitrogens with zero attached hydrogens (tertiary/aromatic N) is 2. The van der Waals surface area contributed by atoms with Crippen molar-refractivity contribution in [3.05, 3.63) is 83.4 Å². The summed E-state index contributed by atoms with van der Waals surface area (Å²) in [5.41, 5.74) is -0.867. The van der Waals surface area contributed by atoms with Gasteiger partial charge in [-0.1, -0.05) is 12.1 Å². The van der Waals surface area contributed by atoms with E-state index in [1.165, 1.54) is 42.6 Å². The lowest BCUT2D eigenvalue weighted by atomic mass is 10.1. The fourth-order valence-electron chi connectivity index (χ4n) is 2.55. The van der Waals surface area contributed by atoms with E-state index in [4.69, 9.17) is 0 Å². The molecule has 1 heterocycles. The minimum atomic E-state index is -4.63. The van der Waals surface area contributed by atoms with E-state index in [2.05, 4.69) is 10.3 Å². The summed E-state index contributed by atoms with van der Waals surface area (Å²) in [7, 11) is 1.69. The summed E-state index contributed by atoms with van der Waals surface area (Å²) >= 11 is 0. The van der Waals surface area contributed by atoms with Crippen LogP contribution in [0.3, 0.4) is 0 Å². The maximum atomic E-state index is 13.0. The number of aromatic nitrogens is 2. The first-order valence-corrected chi connectivity index (χ1v) is 7.87. The molecular weight excluding hydrogens is 359 g/mol. The number of halogens is 3. The van der Waals surface area contributed by atoms with Crippen molar-refractivity contribution in [3.63, 3.8) is 0 Å². The van der Waals surface area contributed by atoms with Gasteiger partial charge in [0.2, 0.25) is 5.78 Å². The summed E-state index contributed by atoms with van der Waals surface area (Å²) < 4.78 is 40.7. The van der Waals surface area contributed by atoms with E-state index in [1.807, 2.05) is 0 Å². The third kappa shape index (κ3) is 3.89. The number of ketones is 1. The molecule has 5 nitrogen and oxygen atoms in total. The number of nitrogens with one attached hydrogen (secondary N) is 1. The molecule has 3 aromatic rings. The van der Waals surface area contributed by atoms with Crippen LogP contribution in [0.4, 0.5) is 18.9 Å². The molecule has 0 bridgehead atoms. The van der Waals surface area contributed by atoms with Crippen molar-refractivity contribution in [3.8, 4) is 0 Å². The summed E-state index contributed by atoms with van der Waals surface area (Å²) in [4.78, 5) is 28.6. The SMILES string of the molecule is Cn1ccnc1C(=O)c1ccc(NC(=O)c2ccccc2C(F)(F)F)cc1. The lowest BCUT2D eigenvalue weighted by Crippen LogP contribution is -2.18. The van der Waals surface area contributed by atoms with E-state index < -0.39 is 23.2 Å². The summed E-state index contributed by atoms with van der Waals surface area (Å²) in [5, 5.41) is 2.41. The van der Waals surface area contributed by atoms with E-state index in [9.17, 15) is 22.8 Å². The zero-order chi connectivity index (χ0) is 19.6. The molecule has 0 radical (unpaired) electrons. The van der Waals surface area contributed by atoms with Gasteiger partial charge in [0.1, 0.15) is 0 Å². The molecule has 1 amide bonds. The smallest absolute Gasteiger partial charge is 0.331 e. The Balaban J connectivity index is 1.79. The third-order valence-electron chi connectivity index (χ3n) is 3.91. The van der Waals surface area contributed by atoms with Crippen molar-refractivity contribution in [1.82, 2.24) is 9.55 Å². The number of hydrogen-bond donors (Lipinski definition) is 1. The molecular formula is C19H14F3N3O2. The third-order valence-corrected chi connectivity index (χ3v) is 3.91. The van der Waals surface area contributed by atoms with Crippen molar-refractivity contribution < 1.29 is 22.8 Å². The van der Waals surface area contributed by atoms with Gasteiger partial charge in [-0.3, -0.25) is 9.59 Å².